The summed E-state index contributed by atoms with van der Waals surface area (Å²) < 4.78 is 30.0. The van der Waals surface area contributed by atoms with E-state index in [1.807, 2.05) is 0 Å². The van der Waals surface area contributed by atoms with Crippen LogP contribution in [0.3, 0.4) is 0 Å². The van der Waals surface area contributed by atoms with E-state index in [0.29, 0.717) is 5.01 Å². The number of hydrogen-bond donors (Lipinski definition) is 0. The molecule has 0 amide bonds. The Hall–Kier alpha value is -1.17. The van der Waals surface area contributed by atoms with Crippen molar-refractivity contribution in [3.8, 4) is 0 Å². The summed E-state index contributed by atoms with van der Waals surface area (Å²) in [6.07, 6.45) is 2.49. The third-order valence-corrected chi connectivity index (χ3v) is 1.93. The predicted molar refractivity (Wildman–Crippen MR) is 49.8 cm³/mol. The molecule has 0 saturated carbocycles. The molecule has 0 fully saturated rings. The molecule has 1 heterocycles. The van der Waals surface area contributed by atoms with Gasteiger partial charge >= 0.3 is 12.5 Å². The SMILES string of the molecule is CC(C)OC(=O)C1C=CN(C)N1C(F)F. The molecule has 0 radical (unpaired) electrons. The molecule has 0 saturated heterocycles. The summed E-state index contributed by atoms with van der Waals surface area (Å²) in [6.45, 7) is 0.620. The van der Waals surface area contributed by atoms with Crippen molar-refractivity contribution >= 4 is 5.97 Å². The van der Waals surface area contributed by atoms with E-state index in [1.54, 1.807) is 13.8 Å². The zero-order valence-electron chi connectivity index (χ0n) is 8.85. The van der Waals surface area contributed by atoms with Gasteiger partial charge in [-0.25, -0.2) is 4.79 Å². The molecule has 0 aromatic heterocycles. The van der Waals surface area contributed by atoms with E-state index in [4.69, 9.17) is 4.74 Å². The van der Waals surface area contributed by atoms with Gasteiger partial charge in [0.05, 0.1) is 6.10 Å². The molecular weight excluding hydrogens is 206 g/mol. The number of hydrogen-bond acceptors (Lipinski definition) is 4. The molecule has 1 unspecified atom stereocenters. The fourth-order valence-corrected chi connectivity index (χ4v) is 1.32. The quantitative estimate of drug-likeness (QED) is 0.528. The van der Waals surface area contributed by atoms with Crippen LogP contribution < -0.4 is 0 Å². The molecule has 0 bridgehead atoms. The molecule has 1 aliphatic rings. The first kappa shape index (κ1) is 11.9. The minimum absolute atomic E-state index is 0.309. The lowest BCUT2D eigenvalue weighted by atomic mass is 10.3. The monoisotopic (exact) mass is 220 g/mol. The second-order valence-corrected chi connectivity index (χ2v) is 3.50. The first-order valence-corrected chi connectivity index (χ1v) is 4.61. The van der Waals surface area contributed by atoms with Gasteiger partial charge in [-0.3, -0.25) is 0 Å². The largest absolute Gasteiger partial charge is 0.462 e. The standard InChI is InChI=1S/C9H14F2N2O2/c1-6(2)15-8(14)7-4-5-12(3)13(7)9(10)11/h4-7,9H,1-3H3. The average Bonchev–Trinajstić information content (AvgIpc) is 2.45. The predicted octanol–water partition coefficient (Wildman–Crippen LogP) is 1.21. The van der Waals surface area contributed by atoms with Gasteiger partial charge < -0.3 is 9.75 Å². The normalized spacial score (nSPS) is 21.8. The number of ether oxygens (including phenoxy) is 1. The van der Waals surface area contributed by atoms with Gasteiger partial charge in [0, 0.05) is 13.2 Å². The molecule has 15 heavy (non-hydrogen) atoms. The third-order valence-electron chi connectivity index (χ3n) is 1.93. The minimum atomic E-state index is -2.73. The molecule has 1 aliphatic heterocycles. The highest BCUT2D eigenvalue weighted by molar-refractivity contribution is 5.78. The van der Waals surface area contributed by atoms with Gasteiger partial charge in [0.15, 0.2) is 6.04 Å². The van der Waals surface area contributed by atoms with Crippen molar-refractivity contribution < 1.29 is 18.3 Å². The molecule has 0 spiro atoms. The Bertz CT molecular complexity index is 269. The van der Waals surface area contributed by atoms with Crippen molar-refractivity contribution in [1.29, 1.82) is 0 Å². The van der Waals surface area contributed by atoms with Crippen LogP contribution in [0.2, 0.25) is 0 Å². The van der Waals surface area contributed by atoms with Crippen molar-refractivity contribution in [1.82, 2.24) is 10.0 Å². The number of halogens is 2. The zero-order valence-corrected chi connectivity index (χ0v) is 8.85. The Labute approximate surface area is 87.1 Å². The minimum Gasteiger partial charge on any atom is -0.462 e. The van der Waals surface area contributed by atoms with E-state index < -0.39 is 18.6 Å². The maximum absolute atomic E-state index is 12.6. The molecule has 1 atom stereocenters. The number of hydrazine groups is 1. The van der Waals surface area contributed by atoms with Gasteiger partial charge in [0.2, 0.25) is 0 Å². The second-order valence-electron chi connectivity index (χ2n) is 3.50. The third kappa shape index (κ3) is 2.65. The highest BCUT2D eigenvalue weighted by atomic mass is 19.3. The van der Waals surface area contributed by atoms with E-state index in [2.05, 4.69) is 0 Å². The summed E-state index contributed by atoms with van der Waals surface area (Å²) in [5.74, 6) is -0.661. The van der Waals surface area contributed by atoms with Crippen LogP contribution in [0.4, 0.5) is 8.78 Å². The van der Waals surface area contributed by atoms with E-state index in [-0.39, 0.29) is 6.10 Å². The maximum Gasteiger partial charge on any atom is 0.329 e. The summed E-state index contributed by atoms with van der Waals surface area (Å²) in [5.41, 5.74) is 0. The molecule has 1 rings (SSSR count). The van der Waals surface area contributed by atoms with Gasteiger partial charge in [-0.05, 0) is 19.9 Å². The van der Waals surface area contributed by atoms with Crippen molar-refractivity contribution in [2.45, 2.75) is 32.5 Å². The van der Waals surface area contributed by atoms with Crippen LogP contribution >= 0.6 is 0 Å². The second kappa shape index (κ2) is 4.57. The number of esters is 1. The van der Waals surface area contributed by atoms with Crippen molar-refractivity contribution in [2.24, 2.45) is 0 Å². The number of carbonyl (C=O) groups is 1. The Kier molecular flexibility index (Phi) is 3.62. The summed E-state index contributed by atoms with van der Waals surface area (Å²) in [7, 11) is 1.45. The lowest BCUT2D eigenvalue weighted by molar-refractivity contribution is -0.174. The molecule has 4 nitrogen and oxygen atoms in total. The lowest BCUT2D eigenvalue weighted by Gasteiger charge is -2.28. The molecular formula is C9H14F2N2O2. The highest BCUT2D eigenvalue weighted by Crippen LogP contribution is 2.20. The van der Waals surface area contributed by atoms with Crippen LogP contribution in [0.15, 0.2) is 12.3 Å². The smallest absolute Gasteiger partial charge is 0.329 e. The van der Waals surface area contributed by atoms with Crippen LogP contribution in [0.1, 0.15) is 13.8 Å². The van der Waals surface area contributed by atoms with Gasteiger partial charge in [0.1, 0.15) is 0 Å². The van der Waals surface area contributed by atoms with Crippen LogP contribution in [0.5, 0.6) is 0 Å². The maximum atomic E-state index is 12.6. The average molecular weight is 220 g/mol. The molecule has 0 N–H and O–H groups in total. The van der Waals surface area contributed by atoms with Crippen LogP contribution in [-0.4, -0.2) is 41.7 Å². The molecule has 86 valence electrons. The number of alkyl halides is 2. The topological polar surface area (TPSA) is 32.8 Å². The Morgan fingerprint density at radius 2 is 2.07 bits per heavy atom. The van der Waals surface area contributed by atoms with E-state index >= 15 is 0 Å². The first-order chi connectivity index (χ1) is 6.93. The summed E-state index contributed by atoms with van der Waals surface area (Å²) in [4.78, 5) is 11.4. The van der Waals surface area contributed by atoms with Gasteiger partial charge in [-0.2, -0.15) is 8.78 Å². The van der Waals surface area contributed by atoms with Gasteiger partial charge in [0.25, 0.3) is 0 Å². The number of nitrogens with zero attached hydrogens (tertiary/aromatic N) is 2. The van der Waals surface area contributed by atoms with Gasteiger partial charge in [-0.1, -0.05) is 0 Å². The van der Waals surface area contributed by atoms with Crippen molar-refractivity contribution in [2.75, 3.05) is 7.05 Å². The Balaban J connectivity index is 2.69. The van der Waals surface area contributed by atoms with Crippen LogP contribution in [-0.2, 0) is 9.53 Å². The zero-order chi connectivity index (χ0) is 11.6. The van der Waals surface area contributed by atoms with Crippen molar-refractivity contribution in [3.05, 3.63) is 12.3 Å². The lowest BCUT2D eigenvalue weighted by Crippen LogP contribution is -2.47. The van der Waals surface area contributed by atoms with Crippen LogP contribution in [0, 0.1) is 0 Å². The van der Waals surface area contributed by atoms with Crippen LogP contribution in [0.25, 0.3) is 0 Å². The summed E-state index contributed by atoms with van der Waals surface area (Å²) in [6, 6.07) is -1.03. The first-order valence-electron chi connectivity index (χ1n) is 4.61. The fourth-order valence-electron chi connectivity index (χ4n) is 1.32. The Morgan fingerprint density at radius 1 is 1.47 bits per heavy atom. The fraction of sp³-hybridized carbons (Fsp3) is 0.667. The van der Waals surface area contributed by atoms with E-state index in [9.17, 15) is 13.6 Å². The number of rotatable bonds is 3. The molecule has 0 aromatic rings. The van der Waals surface area contributed by atoms with Gasteiger partial charge in [-0.15, -0.1) is 5.01 Å². The van der Waals surface area contributed by atoms with E-state index in [1.165, 1.54) is 24.3 Å². The Morgan fingerprint density at radius 3 is 2.53 bits per heavy atom. The summed E-state index contributed by atoms with van der Waals surface area (Å²) >= 11 is 0. The molecule has 6 heteroatoms. The molecule has 0 aliphatic carbocycles. The van der Waals surface area contributed by atoms with E-state index in [0.717, 1.165) is 0 Å². The number of carbonyl (C=O) groups excluding carboxylic acids is 1. The van der Waals surface area contributed by atoms with Crippen molar-refractivity contribution in [3.63, 3.8) is 0 Å². The molecule has 0 aromatic carbocycles. The highest BCUT2D eigenvalue weighted by Gasteiger charge is 2.37. The summed E-state index contributed by atoms with van der Waals surface area (Å²) in [5, 5.41) is 1.83.